The van der Waals surface area contributed by atoms with Crippen molar-refractivity contribution >= 4 is 18.6 Å². The Morgan fingerprint density at radius 3 is 2.35 bits per heavy atom. The van der Waals surface area contributed by atoms with Crippen LogP contribution in [0.25, 0.3) is 0 Å². The summed E-state index contributed by atoms with van der Waals surface area (Å²) < 4.78 is 7.71. The zero-order valence-electron chi connectivity index (χ0n) is 21.5. The summed E-state index contributed by atoms with van der Waals surface area (Å²) in [6.07, 6.45) is 3.11. The molecule has 37 heavy (non-hydrogen) atoms. The Hall–Kier alpha value is -3.24. The predicted octanol–water partition coefficient (Wildman–Crippen LogP) is 1.96. The van der Waals surface area contributed by atoms with Crippen LogP contribution in [-0.4, -0.2) is 77.0 Å². The number of hydrogen-bond acceptors (Lipinski definition) is 7. The molecule has 4 aliphatic heterocycles. The number of anilines is 1. The minimum absolute atomic E-state index is 0.241. The fraction of sp³-hybridized carbons (Fsp3) is 0.556. The van der Waals surface area contributed by atoms with Crippen LogP contribution in [-0.2, 0) is 27.4 Å². The standard InChI is InChI=1S/C25H32N4O2.2CH2O2/c1-16-17(2)26-6-5-23(16)28-8-18-7-20(13-28)24-4-3-19(25(30)29(24)9-18)10-27-11-21-14-31-15-22(21)12-27;2*2-1-3/h3-6,18,20-22H,7-15H2,1-2H3;2*1H,(H,2,3)/t18-,20+,21-,22+;;/m0../s1. The summed E-state index contributed by atoms with van der Waals surface area (Å²) in [5.74, 6) is 2.26. The van der Waals surface area contributed by atoms with Crippen LogP contribution < -0.4 is 10.5 Å². The first-order valence-electron chi connectivity index (χ1n) is 12.8. The largest absolute Gasteiger partial charge is 0.483 e. The van der Waals surface area contributed by atoms with E-state index in [1.165, 1.54) is 23.4 Å². The third-order valence-electron chi connectivity index (χ3n) is 8.16. The van der Waals surface area contributed by atoms with Gasteiger partial charge in [0, 0.05) is 85.9 Å². The Kier molecular flexibility index (Phi) is 8.60. The summed E-state index contributed by atoms with van der Waals surface area (Å²) in [5, 5.41) is 13.8. The van der Waals surface area contributed by atoms with E-state index in [0.717, 1.165) is 63.7 Å². The van der Waals surface area contributed by atoms with Crippen molar-refractivity contribution in [2.45, 2.75) is 39.3 Å². The lowest BCUT2D eigenvalue weighted by Crippen LogP contribution is -2.48. The Labute approximate surface area is 216 Å². The summed E-state index contributed by atoms with van der Waals surface area (Å²) in [6.45, 7) is 11.3. The van der Waals surface area contributed by atoms with Crippen LogP contribution >= 0.6 is 0 Å². The third kappa shape index (κ3) is 5.70. The van der Waals surface area contributed by atoms with Gasteiger partial charge in [-0.05, 0) is 43.9 Å². The van der Waals surface area contributed by atoms with Crippen LogP contribution in [0.3, 0.4) is 0 Å². The van der Waals surface area contributed by atoms with E-state index in [9.17, 15) is 4.79 Å². The summed E-state index contributed by atoms with van der Waals surface area (Å²) in [5.41, 5.74) is 6.11. The fourth-order valence-electron chi connectivity index (χ4n) is 6.43. The number of fused-ring (bicyclic) bond motifs is 5. The highest BCUT2D eigenvalue weighted by Gasteiger charge is 2.38. The minimum Gasteiger partial charge on any atom is -0.483 e. The molecule has 4 aliphatic rings. The average Bonchev–Trinajstić information content (AvgIpc) is 3.46. The quantitative estimate of drug-likeness (QED) is 0.594. The van der Waals surface area contributed by atoms with E-state index in [2.05, 4.69) is 51.4 Å². The van der Waals surface area contributed by atoms with Gasteiger partial charge in [0.05, 0.1) is 13.2 Å². The molecular weight excluding hydrogens is 476 g/mol. The van der Waals surface area contributed by atoms with Gasteiger partial charge in [-0.1, -0.05) is 6.07 Å². The number of carbonyl (C=O) groups is 2. The maximum Gasteiger partial charge on any atom is 0.290 e. The number of aromatic nitrogens is 2. The van der Waals surface area contributed by atoms with Crippen LogP contribution in [0, 0.1) is 31.6 Å². The molecule has 0 radical (unpaired) electrons. The molecule has 0 spiro atoms. The molecule has 0 aliphatic carbocycles. The zero-order chi connectivity index (χ0) is 26.5. The molecule has 0 saturated carbocycles. The van der Waals surface area contributed by atoms with Gasteiger partial charge >= 0.3 is 0 Å². The number of carboxylic acid groups (broad SMARTS) is 2. The SMILES string of the molecule is Cc1nccc(N2C[C@@H]3C[C@H](C2)c2ccc(CN4C[C@H]5COC[C@H]5C4)c(=O)n2C3)c1C.O=CO.O=CO. The molecule has 200 valence electrons. The summed E-state index contributed by atoms with van der Waals surface area (Å²) in [7, 11) is 0. The number of ether oxygens (including phenoxy) is 1. The molecule has 2 aromatic rings. The molecule has 2 N–H and O–H groups in total. The molecule has 0 aromatic carbocycles. The molecule has 6 rings (SSSR count). The van der Waals surface area contributed by atoms with Crippen molar-refractivity contribution in [3.8, 4) is 0 Å². The number of likely N-dealkylation sites (tertiary alicyclic amines) is 1. The lowest BCUT2D eigenvalue weighted by Gasteiger charge is -2.44. The smallest absolute Gasteiger partial charge is 0.290 e. The molecule has 6 heterocycles. The van der Waals surface area contributed by atoms with Crippen molar-refractivity contribution in [2.75, 3.05) is 44.3 Å². The van der Waals surface area contributed by atoms with E-state index in [4.69, 9.17) is 24.5 Å². The first-order chi connectivity index (χ1) is 17.9. The molecule has 0 amide bonds. The van der Waals surface area contributed by atoms with Gasteiger partial charge < -0.3 is 24.4 Å². The van der Waals surface area contributed by atoms with Gasteiger partial charge in [0.1, 0.15) is 0 Å². The highest BCUT2D eigenvalue weighted by Crippen LogP contribution is 2.38. The second kappa shape index (κ2) is 11.9. The fourth-order valence-corrected chi connectivity index (χ4v) is 6.43. The van der Waals surface area contributed by atoms with Crippen LogP contribution in [0.1, 0.15) is 34.9 Å². The molecule has 10 heteroatoms. The van der Waals surface area contributed by atoms with Crippen molar-refractivity contribution in [1.82, 2.24) is 14.5 Å². The predicted molar refractivity (Wildman–Crippen MR) is 138 cm³/mol. The van der Waals surface area contributed by atoms with E-state index in [-0.39, 0.29) is 18.5 Å². The van der Waals surface area contributed by atoms with Gasteiger partial charge in [-0.15, -0.1) is 0 Å². The highest BCUT2D eigenvalue weighted by molar-refractivity contribution is 5.55. The number of hydrogen-bond donors (Lipinski definition) is 2. The molecular formula is C27H36N4O6. The minimum atomic E-state index is -0.250. The van der Waals surface area contributed by atoms with Gasteiger partial charge in [-0.3, -0.25) is 24.3 Å². The Morgan fingerprint density at radius 2 is 1.68 bits per heavy atom. The molecule has 4 atom stereocenters. The van der Waals surface area contributed by atoms with Crippen molar-refractivity contribution in [3.05, 3.63) is 57.3 Å². The Morgan fingerprint density at radius 1 is 1.00 bits per heavy atom. The van der Waals surface area contributed by atoms with E-state index in [1.807, 2.05) is 6.20 Å². The second-order valence-electron chi connectivity index (χ2n) is 10.4. The average molecular weight is 513 g/mol. The van der Waals surface area contributed by atoms with E-state index >= 15 is 0 Å². The van der Waals surface area contributed by atoms with Crippen LogP contribution in [0.2, 0.25) is 0 Å². The van der Waals surface area contributed by atoms with Crippen LogP contribution in [0.15, 0.2) is 29.2 Å². The Balaban J connectivity index is 0.000000489. The zero-order valence-corrected chi connectivity index (χ0v) is 21.5. The molecule has 2 bridgehead atoms. The van der Waals surface area contributed by atoms with E-state index in [1.54, 1.807) is 0 Å². The topological polar surface area (TPSA) is 125 Å². The van der Waals surface area contributed by atoms with Gasteiger partial charge in [-0.25, -0.2) is 0 Å². The van der Waals surface area contributed by atoms with Crippen molar-refractivity contribution < 1.29 is 24.5 Å². The lowest BCUT2D eigenvalue weighted by molar-refractivity contribution is -0.123. The van der Waals surface area contributed by atoms with Gasteiger partial charge in [0.25, 0.3) is 18.5 Å². The summed E-state index contributed by atoms with van der Waals surface area (Å²) >= 11 is 0. The van der Waals surface area contributed by atoms with Crippen LogP contribution in [0.4, 0.5) is 5.69 Å². The number of rotatable bonds is 3. The number of piperidine rings is 1. The first kappa shape index (κ1) is 26.8. The first-order valence-corrected chi connectivity index (χ1v) is 12.8. The van der Waals surface area contributed by atoms with Gasteiger partial charge in [0.2, 0.25) is 0 Å². The molecule has 10 nitrogen and oxygen atoms in total. The third-order valence-corrected chi connectivity index (χ3v) is 8.16. The number of aryl methyl sites for hydroxylation is 1. The molecule has 0 unspecified atom stereocenters. The van der Waals surface area contributed by atoms with Crippen molar-refractivity contribution in [3.63, 3.8) is 0 Å². The van der Waals surface area contributed by atoms with E-state index in [0.29, 0.717) is 23.7 Å². The summed E-state index contributed by atoms with van der Waals surface area (Å²) in [6, 6.07) is 6.50. The lowest BCUT2D eigenvalue weighted by atomic mass is 9.82. The number of nitrogens with zero attached hydrogens (tertiary/aromatic N) is 4. The second-order valence-corrected chi connectivity index (χ2v) is 10.4. The molecule has 3 fully saturated rings. The van der Waals surface area contributed by atoms with Crippen molar-refractivity contribution in [2.24, 2.45) is 17.8 Å². The normalized spacial score (nSPS) is 25.6. The maximum atomic E-state index is 13.4. The highest BCUT2D eigenvalue weighted by atomic mass is 16.5. The summed E-state index contributed by atoms with van der Waals surface area (Å²) in [4.78, 5) is 39.6. The van der Waals surface area contributed by atoms with E-state index < -0.39 is 0 Å². The monoisotopic (exact) mass is 512 g/mol. The number of pyridine rings is 2. The van der Waals surface area contributed by atoms with Crippen LogP contribution in [0.5, 0.6) is 0 Å². The van der Waals surface area contributed by atoms with Crippen molar-refractivity contribution in [1.29, 1.82) is 0 Å². The van der Waals surface area contributed by atoms with Gasteiger partial charge in [-0.2, -0.15) is 0 Å². The maximum absolute atomic E-state index is 13.4. The molecule has 2 aromatic heterocycles. The Bertz CT molecular complexity index is 1150. The molecule has 3 saturated heterocycles. The van der Waals surface area contributed by atoms with Gasteiger partial charge in [0.15, 0.2) is 0 Å².